The number of fused-ring (bicyclic) bond motifs is 1. The molecule has 0 bridgehead atoms. The van der Waals surface area contributed by atoms with Gasteiger partial charge in [0.25, 0.3) is 0 Å². The average molecular weight is 205 g/mol. The lowest BCUT2D eigenvalue weighted by Crippen LogP contribution is -2.23. The van der Waals surface area contributed by atoms with Crippen LogP contribution in [-0.2, 0) is 12.8 Å². The highest BCUT2D eigenvalue weighted by molar-refractivity contribution is 5.48. The summed E-state index contributed by atoms with van der Waals surface area (Å²) >= 11 is 0. The third-order valence-electron chi connectivity index (χ3n) is 3.24. The van der Waals surface area contributed by atoms with Crippen molar-refractivity contribution in [2.24, 2.45) is 5.92 Å². The van der Waals surface area contributed by atoms with Crippen LogP contribution >= 0.6 is 0 Å². The molecule has 0 aromatic carbocycles. The van der Waals surface area contributed by atoms with Crippen molar-refractivity contribution in [3.05, 3.63) is 17.6 Å². The van der Waals surface area contributed by atoms with E-state index in [1.807, 2.05) is 0 Å². The quantitative estimate of drug-likeness (QED) is 0.823. The van der Waals surface area contributed by atoms with E-state index >= 15 is 0 Å². The van der Waals surface area contributed by atoms with Gasteiger partial charge in [-0.25, -0.2) is 9.97 Å². The number of nitrogens with one attached hydrogen (secondary N) is 1. The lowest BCUT2D eigenvalue weighted by molar-refractivity contribution is 0.557. The van der Waals surface area contributed by atoms with Crippen LogP contribution in [0.5, 0.6) is 0 Å². The molecular weight excluding hydrogens is 186 g/mol. The Morgan fingerprint density at radius 1 is 1.20 bits per heavy atom. The van der Waals surface area contributed by atoms with Crippen molar-refractivity contribution in [1.82, 2.24) is 9.97 Å². The number of hydrogen-bond acceptors (Lipinski definition) is 3. The van der Waals surface area contributed by atoms with Gasteiger partial charge in [0.15, 0.2) is 0 Å². The van der Waals surface area contributed by atoms with Gasteiger partial charge >= 0.3 is 0 Å². The van der Waals surface area contributed by atoms with Crippen LogP contribution in [0.15, 0.2) is 6.33 Å². The fraction of sp³-hybridized carbons (Fsp3) is 0.667. The van der Waals surface area contributed by atoms with Gasteiger partial charge in [0, 0.05) is 17.3 Å². The van der Waals surface area contributed by atoms with Crippen molar-refractivity contribution in [3.63, 3.8) is 0 Å². The number of nitrogens with zero attached hydrogens (tertiary/aromatic N) is 2. The van der Waals surface area contributed by atoms with E-state index in [-0.39, 0.29) is 0 Å². The number of rotatable bonds is 3. The third-order valence-corrected chi connectivity index (χ3v) is 3.24. The Balaban J connectivity index is 2.19. The molecule has 1 heterocycles. The van der Waals surface area contributed by atoms with Gasteiger partial charge in [-0.2, -0.15) is 0 Å². The second-order valence-electron chi connectivity index (χ2n) is 4.68. The Morgan fingerprint density at radius 3 is 2.73 bits per heavy atom. The second kappa shape index (κ2) is 4.17. The zero-order valence-corrected chi connectivity index (χ0v) is 9.75. The SMILES string of the molecule is CC(C)C(C)Nc1ncnc2c1CCC2. The fourth-order valence-electron chi connectivity index (χ4n) is 1.87. The van der Waals surface area contributed by atoms with Crippen LogP contribution in [-0.4, -0.2) is 16.0 Å². The predicted octanol–water partition coefficient (Wildman–Crippen LogP) is 2.42. The summed E-state index contributed by atoms with van der Waals surface area (Å²) in [5.74, 6) is 1.68. The maximum Gasteiger partial charge on any atom is 0.133 e. The van der Waals surface area contributed by atoms with Gasteiger partial charge in [0.2, 0.25) is 0 Å². The van der Waals surface area contributed by atoms with Crippen molar-refractivity contribution >= 4 is 5.82 Å². The Morgan fingerprint density at radius 2 is 2.00 bits per heavy atom. The summed E-state index contributed by atoms with van der Waals surface area (Å²) in [6.07, 6.45) is 5.14. The standard InChI is InChI=1S/C12H19N3/c1-8(2)9(3)15-12-10-5-4-6-11(10)13-7-14-12/h7-9H,4-6H2,1-3H3,(H,13,14,15). The molecule has 1 aliphatic carbocycles. The summed E-state index contributed by atoms with van der Waals surface area (Å²) in [7, 11) is 0. The van der Waals surface area contributed by atoms with E-state index in [1.54, 1.807) is 6.33 Å². The molecule has 2 rings (SSSR count). The zero-order valence-electron chi connectivity index (χ0n) is 9.75. The van der Waals surface area contributed by atoms with Crippen LogP contribution in [0.1, 0.15) is 38.4 Å². The first-order valence-electron chi connectivity index (χ1n) is 5.77. The molecule has 0 aliphatic heterocycles. The van der Waals surface area contributed by atoms with Gasteiger partial charge in [0.05, 0.1) is 0 Å². The Hall–Kier alpha value is -1.12. The van der Waals surface area contributed by atoms with Gasteiger partial charge in [-0.3, -0.25) is 0 Å². The smallest absolute Gasteiger partial charge is 0.133 e. The molecule has 0 fully saturated rings. The van der Waals surface area contributed by atoms with Crippen LogP contribution in [0.4, 0.5) is 5.82 Å². The highest BCUT2D eigenvalue weighted by Crippen LogP contribution is 2.25. The molecule has 1 aromatic heterocycles. The monoisotopic (exact) mass is 205 g/mol. The van der Waals surface area contributed by atoms with Gasteiger partial charge in [-0.15, -0.1) is 0 Å². The molecule has 82 valence electrons. The summed E-state index contributed by atoms with van der Waals surface area (Å²) in [5, 5.41) is 3.49. The number of aryl methyl sites for hydroxylation is 1. The molecule has 3 heteroatoms. The zero-order chi connectivity index (χ0) is 10.8. The normalized spacial score (nSPS) is 16.5. The first kappa shape index (κ1) is 10.4. The first-order valence-corrected chi connectivity index (χ1v) is 5.77. The Labute approximate surface area is 91.3 Å². The van der Waals surface area contributed by atoms with E-state index in [9.17, 15) is 0 Å². The summed E-state index contributed by atoms with van der Waals surface area (Å²) in [4.78, 5) is 8.67. The molecule has 3 nitrogen and oxygen atoms in total. The van der Waals surface area contributed by atoms with Gasteiger partial charge in [-0.05, 0) is 32.1 Å². The summed E-state index contributed by atoms with van der Waals surface area (Å²) in [6, 6.07) is 0.463. The molecule has 0 saturated carbocycles. The maximum atomic E-state index is 4.35. The molecule has 0 radical (unpaired) electrons. The molecule has 15 heavy (non-hydrogen) atoms. The third kappa shape index (κ3) is 2.11. The molecule has 1 aromatic rings. The van der Waals surface area contributed by atoms with E-state index in [4.69, 9.17) is 0 Å². The largest absolute Gasteiger partial charge is 0.367 e. The van der Waals surface area contributed by atoms with Crippen LogP contribution in [0.25, 0.3) is 0 Å². The number of aromatic nitrogens is 2. The lowest BCUT2D eigenvalue weighted by atomic mass is 10.1. The Bertz CT molecular complexity index is 347. The van der Waals surface area contributed by atoms with Gasteiger partial charge in [-0.1, -0.05) is 13.8 Å². The number of hydrogen-bond donors (Lipinski definition) is 1. The summed E-state index contributed by atoms with van der Waals surface area (Å²) in [5.41, 5.74) is 2.58. The highest BCUT2D eigenvalue weighted by atomic mass is 15.0. The molecule has 1 atom stereocenters. The highest BCUT2D eigenvalue weighted by Gasteiger charge is 2.18. The second-order valence-corrected chi connectivity index (χ2v) is 4.68. The molecular formula is C12H19N3. The van der Waals surface area contributed by atoms with Crippen LogP contribution < -0.4 is 5.32 Å². The summed E-state index contributed by atoms with van der Waals surface area (Å²) < 4.78 is 0. The lowest BCUT2D eigenvalue weighted by Gasteiger charge is -2.19. The van der Waals surface area contributed by atoms with E-state index in [1.165, 1.54) is 17.7 Å². The molecule has 0 spiro atoms. The van der Waals surface area contributed by atoms with E-state index < -0.39 is 0 Å². The summed E-state index contributed by atoms with van der Waals surface area (Å²) in [6.45, 7) is 6.65. The maximum absolute atomic E-state index is 4.35. The van der Waals surface area contributed by atoms with Crippen LogP contribution in [0, 0.1) is 5.92 Å². The predicted molar refractivity (Wildman–Crippen MR) is 62.0 cm³/mol. The number of anilines is 1. The van der Waals surface area contributed by atoms with Crippen molar-refractivity contribution in [1.29, 1.82) is 0 Å². The average Bonchev–Trinajstić information content (AvgIpc) is 2.66. The van der Waals surface area contributed by atoms with E-state index in [0.717, 1.165) is 18.7 Å². The topological polar surface area (TPSA) is 37.8 Å². The Kier molecular flexibility index (Phi) is 2.89. The van der Waals surface area contributed by atoms with E-state index in [2.05, 4.69) is 36.1 Å². The van der Waals surface area contributed by atoms with Gasteiger partial charge < -0.3 is 5.32 Å². The van der Waals surface area contributed by atoms with Crippen molar-refractivity contribution in [3.8, 4) is 0 Å². The first-order chi connectivity index (χ1) is 7.18. The van der Waals surface area contributed by atoms with Crippen LogP contribution in [0.3, 0.4) is 0 Å². The minimum Gasteiger partial charge on any atom is -0.367 e. The van der Waals surface area contributed by atoms with Crippen LogP contribution in [0.2, 0.25) is 0 Å². The van der Waals surface area contributed by atoms with Gasteiger partial charge in [0.1, 0.15) is 12.1 Å². The molecule has 1 unspecified atom stereocenters. The fourth-order valence-corrected chi connectivity index (χ4v) is 1.87. The van der Waals surface area contributed by atoms with E-state index in [0.29, 0.717) is 12.0 Å². The minimum absolute atomic E-state index is 0.463. The van der Waals surface area contributed by atoms with Crippen molar-refractivity contribution < 1.29 is 0 Å². The molecule has 1 aliphatic rings. The molecule has 0 saturated heterocycles. The molecule has 1 N–H and O–H groups in total. The molecule has 0 amide bonds. The minimum atomic E-state index is 0.463. The van der Waals surface area contributed by atoms with Crippen molar-refractivity contribution in [2.75, 3.05) is 5.32 Å². The van der Waals surface area contributed by atoms with Crippen molar-refractivity contribution in [2.45, 2.75) is 46.1 Å².